The van der Waals surface area contributed by atoms with Gasteiger partial charge in [-0.15, -0.1) is 0 Å². The number of urea groups is 1. The first kappa shape index (κ1) is 27.0. The number of alkyl halides is 3. The van der Waals surface area contributed by atoms with Crippen LogP contribution in [-0.4, -0.2) is 17.2 Å². The third-order valence-corrected chi connectivity index (χ3v) is 8.57. The van der Waals surface area contributed by atoms with Gasteiger partial charge in [0.05, 0.1) is 23.0 Å². The first-order valence-electron chi connectivity index (χ1n) is 14.1. The maximum absolute atomic E-state index is 13.7. The molecule has 0 heterocycles. The highest BCUT2D eigenvalue weighted by Gasteiger charge is 2.32. The number of aliphatic hydroxyl groups is 1. The molecular weight excluding hydrogens is 549 g/mol. The lowest BCUT2D eigenvalue weighted by Crippen LogP contribution is -2.32. The number of aliphatic hydroxyl groups excluding tert-OH is 1. The Morgan fingerprint density at radius 1 is 0.814 bits per heavy atom. The average molecular weight is 577 g/mol. The molecule has 2 amide bonds. The fourth-order valence-electron chi connectivity index (χ4n) is 6.65. The highest BCUT2D eigenvalue weighted by molar-refractivity contribution is 6.15. The molecule has 0 fully saturated rings. The summed E-state index contributed by atoms with van der Waals surface area (Å²) >= 11 is 0. The van der Waals surface area contributed by atoms with Crippen molar-refractivity contribution in [2.24, 2.45) is 5.73 Å². The third-order valence-electron chi connectivity index (χ3n) is 8.57. The number of rotatable bonds is 3. The van der Waals surface area contributed by atoms with Crippen molar-refractivity contribution in [2.75, 3.05) is 4.90 Å². The molecule has 5 aromatic carbocycles. The summed E-state index contributed by atoms with van der Waals surface area (Å²) in [4.78, 5) is 14.3. The summed E-state index contributed by atoms with van der Waals surface area (Å²) in [6.45, 7) is 0. The van der Waals surface area contributed by atoms with Gasteiger partial charge in [0.25, 0.3) is 0 Å². The van der Waals surface area contributed by atoms with Crippen LogP contribution in [0.15, 0.2) is 109 Å². The zero-order valence-corrected chi connectivity index (χ0v) is 23.0. The van der Waals surface area contributed by atoms with Crippen molar-refractivity contribution in [3.8, 4) is 11.1 Å². The fraction of sp³-hybridized carbons (Fsp3) is 0.139. The Labute approximate surface area is 246 Å². The van der Waals surface area contributed by atoms with Gasteiger partial charge in [-0.25, -0.2) is 4.79 Å². The number of primary amides is 1. The number of aryl methyl sites for hydroxylation is 1. The van der Waals surface area contributed by atoms with Gasteiger partial charge in [-0.1, -0.05) is 84.9 Å². The second-order valence-corrected chi connectivity index (χ2v) is 11.0. The number of hydrogen-bond donors (Lipinski definition) is 2. The first-order chi connectivity index (χ1) is 20.7. The molecule has 0 saturated carbocycles. The number of carbonyl (C=O) groups is 1. The molecule has 0 radical (unpaired) electrons. The number of allylic oxidation sites excluding steroid dienone is 2. The Balaban J connectivity index is 1.49. The van der Waals surface area contributed by atoms with Gasteiger partial charge in [-0.3, -0.25) is 4.90 Å². The Morgan fingerprint density at radius 2 is 1.58 bits per heavy atom. The van der Waals surface area contributed by atoms with Crippen LogP contribution in [0.5, 0.6) is 0 Å². The highest BCUT2D eigenvalue weighted by Crippen LogP contribution is 2.46. The van der Waals surface area contributed by atoms with Gasteiger partial charge >= 0.3 is 12.2 Å². The van der Waals surface area contributed by atoms with Crippen molar-refractivity contribution in [1.82, 2.24) is 0 Å². The quantitative estimate of drug-likeness (QED) is 0.225. The maximum atomic E-state index is 13.7. The van der Waals surface area contributed by atoms with E-state index in [2.05, 4.69) is 18.2 Å². The Bertz CT molecular complexity index is 2010. The topological polar surface area (TPSA) is 66.6 Å². The zero-order valence-electron chi connectivity index (χ0n) is 23.0. The molecule has 2 aliphatic carbocycles. The summed E-state index contributed by atoms with van der Waals surface area (Å²) in [5.74, 6) is 0. The second-order valence-electron chi connectivity index (χ2n) is 11.0. The summed E-state index contributed by atoms with van der Waals surface area (Å²) in [5, 5.41) is 14.1. The lowest BCUT2D eigenvalue weighted by atomic mass is 9.78. The van der Waals surface area contributed by atoms with Gasteiger partial charge in [-0.2, -0.15) is 13.2 Å². The zero-order chi connectivity index (χ0) is 29.9. The monoisotopic (exact) mass is 576 g/mol. The predicted octanol–water partition coefficient (Wildman–Crippen LogP) is 8.92. The summed E-state index contributed by atoms with van der Waals surface area (Å²) < 4.78 is 41.1. The predicted molar refractivity (Wildman–Crippen MR) is 165 cm³/mol. The van der Waals surface area contributed by atoms with Crippen LogP contribution < -0.4 is 10.6 Å². The Hall–Kier alpha value is -4.88. The number of hydrogen-bond acceptors (Lipinski definition) is 2. The summed E-state index contributed by atoms with van der Waals surface area (Å²) in [5.41, 5.74) is 11.4. The van der Waals surface area contributed by atoms with Crippen LogP contribution >= 0.6 is 0 Å². The molecule has 0 saturated heterocycles. The molecule has 7 rings (SSSR count). The second kappa shape index (κ2) is 10.1. The fourth-order valence-corrected chi connectivity index (χ4v) is 6.65. The van der Waals surface area contributed by atoms with Crippen molar-refractivity contribution >= 4 is 44.5 Å². The van der Waals surface area contributed by atoms with Gasteiger partial charge in [0, 0.05) is 10.9 Å². The lowest BCUT2D eigenvalue weighted by molar-refractivity contribution is -0.137. The van der Waals surface area contributed by atoms with E-state index in [1.54, 1.807) is 0 Å². The van der Waals surface area contributed by atoms with E-state index in [9.17, 15) is 23.1 Å². The largest absolute Gasteiger partial charge is 0.416 e. The molecule has 4 nitrogen and oxygen atoms in total. The van der Waals surface area contributed by atoms with E-state index in [-0.39, 0.29) is 5.69 Å². The average Bonchev–Trinajstić information content (AvgIpc) is 3.00. The third kappa shape index (κ3) is 4.48. The summed E-state index contributed by atoms with van der Waals surface area (Å²) in [6.07, 6.45) is 1.22. The van der Waals surface area contributed by atoms with E-state index >= 15 is 0 Å². The molecular formula is C36H27F3N2O2. The Kier molecular flexibility index (Phi) is 6.36. The van der Waals surface area contributed by atoms with Gasteiger partial charge in [0.1, 0.15) is 0 Å². The summed E-state index contributed by atoms with van der Waals surface area (Å²) in [6, 6.07) is 25.2. The molecule has 1 unspecified atom stereocenters. The smallest absolute Gasteiger partial charge is 0.388 e. The number of anilines is 2. The van der Waals surface area contributed by atoms with E-state index in [1.807, 2.05) is 60.7 Å². The van der Waals surface area contributed by atoms with Crippen LogP contribution in [0.2, 0.25) is 0 Å². The minimum atomic E-state index is -4.59. The molecule has 0 bridgehead atoms. The van der Waals surface area contributed by atoms with Crippen LogP contribution in [0.4, 0.5) is 29.3 Å². The van der Waals surface area contributed by atoms with Gasteiger partial charge in [-0.05, 0) is 81.5 Å². The van der Waals surface area contributed by atoms with Crippen molar-refractivity contribution < 1.29 is 23.1 Å². The van der Waals surface area contributed by atoms with Crippen LogP contribution in [0.3, 0.4) is 0 Å². The summed E-state index contributed by atoms with van der Waals surface area (Å²) in [7, 11) is 0. The van der Waals surface area contributed by atoms with Crippen molar-refractivity contribution in [1.29, 1.82) is 0 Å². The first-order valence-corrected chi connectivity index (χ1v) is 14.1. The number of nitrogens with zero attached hydrogens (tertiary/aromatic N) is 1. The number of carbonyl (C=O) groups excluding carboxylic acids is 1. The van der Waals surface area contributed by atoms with Gasteiger partial charge in [0.2, 0.25) is 0 Å². The number of nitrogens with two attached hydrogens (primary N) is 1. The molecule has 43 heavy (non-hydrogen) atoms. The molecule has 3 N–H and O–H groups in total. The number of amides is 2. The number of halogens is 3. The minimum absolute atomic E-state index is 0.0275. The maximum Gasteiger partial charge on any atom is 0.416 e. The van der Waals surface area contributed by atoms with Crippen molar-refractivity contribution in [3.63, 3.8) is 0 Å². The van der Waals surface area contributed by atoms with E-state index < -0.39 is 23.9 Å². The van der Waals surface area contributed by atoms with E-state index in [4.69, 9.17) is 5.73 Å². The number of benzene rings is 5. The van der Waals surface area contributed by atoms with Crippen LogP contribution in [0.25, 0.3) is 38.2 Å². The van der Waals surface area contributed by atoms with Crippen LogP contribution in [0.1, 0.15) is 29.5 Å². The molecule has 2 aliphatic rings. The Morgan fingerprint density at radius 3 is 2.40 bits per heavy atom. The minimum Gasteiger partial charge on any atom is -0.388 e. The van der Waals surface area contributed by atoms with E-state index in [0.717, 1.165) is 63.4 Å². The van der Waals surface area contributed by atoms with E-state index in [1.165, 1.54) is 22.6 Å². The van der Waals surface area contributed by atoms with Crippen LogP contribution in [-0.2, 0) is 12.6 Å². The standard InChI is InChI=1S/C36H27F3N2O2/c37-36(38,39)22-7-3-8-23(20-22)41(35(40)43)34-24-9-2-1-6-21(24)14-15-32(34)27-11-4-10-25-28(27)16-17-30-26-12-5-13-33(42)31(26)19-18-29(25)30/h1-12,14-17,20,33,42H,13,18-19H2,(H2,40,43). The highest BCUT2D eigenvalue weighted by atomic mass is 19.4. The van der Waals surface area contributed by atoms with Crippen molar-refractivity contribution in [2.45, 2.75) is 31.5 Å². The molecule has 214 valence electrons. The number of fused-ring (bicyclic) bond motifs is 5. The van der Waals surface area contributed by atoms with Gasteiger partial charge in [0.15, 0.2) is 0 Å². The molecule has 0 spiro atoms. The van der Waals surface area contributed by atoms with Gasteiger partial charge < -0.3 is 10.8 Å². The molecule has 0 aromatic heterocycles. The molecule has 5 aromatic rings. The van der Waals surface area contributed by atoms with Crippen molar-refractivity contribution in [3.05, 3.63) is 125 Å². The van der Waals surface area contributed by atoms with Crippen LogP contribution in [0, 0.1) is 0 Å². The van der Waals surface area contributed by atoms with E-state index in [0.29, 0.717) is 23.1 Å². The normalized spacial score (nSPS) is 16.3. The molecule has 0 aliphatic heterocycles. The SMILES string of the molecule is NC(=O)N(c1cccc(C(F)(F)F)c1)c1c(-c2cccc3c4c(ccc23)C2=C(CC4)C(O)CC=C2)ccc2ccccc12. The molecule has 7 heteroatoms. The lowest BCUT2D eigenvalue weighted by Gasteiger charge is -2.29. The molecule has 1 atom stereocenters.